The molecule has 0 aliphatic carbocycles. The van der Waals surface area contributed by atoms with Crippen LogP contribution in [0.3, 0.4) is 0 Å². The van der Waals surface area contributed by atoms with Gasteiger partial charge in [0.1, 0.15) is 0 Å². The Morgan fingerprint density at radius 1 is 1.44 bits per heavy atom. The molecule has 0 atom stereocenters. The molecule has 0 saturated carbocycles. The van der Waals surface area contributed by atoms with Gasteiger partial charge in [0.2, 0.25) is 0 Å². The van der Waals surface area contributed by atoms with E-state index in [9.17, 15) is 0 Å². The minimum atomic E-state index is 0.745. The van der Waals surface area contributed by atoms with E-state index in [1.165, 1.54) is 4.70 Å². The van der Waals surface area contributed by atoms with Crippen molar-refractivity contribution in [3.8, 4) is 0 Å². The van der Waals surface area contributed by atoms with Gasteiger partial charge in [-0.05, 0) is 18.2 Å². The monoisotopic (exact) mass is 322 g/mol. The summed E-state index contributed by atoms with van der Waals surface area (Å²) in [6, 6.07) is 6.11. The minimum Gasteiger partial charge on any atom is -0.357 e. The van der Waals surface area contributed by atoms with Crippen molar-refractivity contribution >= 4 is 42.6 Å². The molecule has 2 heterocycles. The van der Waals surface area contributed by atoms with Gasteiger partial charge in [-0.2, -0.15) is 5.10 Å². The SMILES string of the molecule is Cn1cc(CNc2nc3ccc(Br)cc3s2)cn1. The van der Waals surface area contributed by atoms with Crippen molar-refractivity contribution in [1.82, 2.24) is 14.8 Å². The lowest BCUT2D eigenvalue weighted by Gasteiger charge is -1.97. The van der Waals surface area contributed by atoms with E-state index >= 15 is 0 Å². The maximum absolute atomic E-state index is 4.54. The second kappa shape index (κ2) is 4.70. The van der Waals surface area contributed by atoms with Gasteiger partial charge >= 0.3 is 0 Å². The van der Waals surface area contributed by atoms with Gasteiger partial charge in [-0.15, -0.1) is 0 Å². The fraction of sp³-hybridized carbons (Fsp3) is 0.167. The molecular formula is C12H11BrN4S. The fourth-order valence-corrected chi connectivity index (χ4v) is 3.13. The third-order valence-electron chi connectivity index (χ3n) is 2.55. The van der Waals surface area contributed by atoms with E-state index in [-0.39, 0.29) is 0 Å². The van der Waals surface area contributed by atoms with Gasteiger partial charge in [-0.1, -0.05) is 27.3 Å². The third-order valence-corrected chi connectivity index (χ3v) is 4.02. The first kappa shape index (κ1) is 11.7. The van der Waals surface area contributed by atoms with Crippen molar-refractivity contribution < 1.29 is 0 Å². The highest BCUT2D eigenvalue weighted by Gasteiger charge is 2.04. The largest absolute Gasteiger partial charge is 0.357 e. The highest BCUT2D eigenvalue weighted by Crippen LogP contribution is 2.28. The lowest BCUT2D eigenvalue weighted by molar-refractivity contribution is 0.767. The van der Waals surface area contributed by atoms with Gasteiger partial charge in [-0.25, -0.2) is 4.98 Å². The van der Waals surface area contributed by atoms with Crippen LogP contribution in [-0.2, 0) is 13.6 Å². The molecule has 0 aliphatic rings. The first-order valence-electron chi connectivity index (χ1n) is 5.48. The molecule has 0 spiro atoms. The molecule has 0 aliphatic heterocycles. The molecule has 0 bridgehead atoms. The molecule has 0 radical (unpaired) electrons. The zero-order chi connectivity index (χ0) is 12.5. The summed E-state index contributed by atoms with van der Waals surface area (Å²) in [5, 5.41) is 8.40. The molecule has 0 amide bonds. The Morgan fingerprint density at radius 2 is 2.33 bits per heavy atom. The number of hydrogen-bond acceptors (Lipinski definition) is 4. The van der Waals surface area contributed by atoms with Crippen LogP contribution in [0.15, 0.2) is 35.1 Å². The number of benzene rings is 1. The van der Waals surface area contributed by atoms with Crippen molar-refractivity contribution in [3.63, 3.8) is 0 Å². The Balaban J connectivity index is 1.78. The summed E-state index contributed by atoms with van der Waals surface area (Å²) in [6.07, 6.45) is 3.85. The number of aromatic nitrogens is 3. The van der Waals surface area contributed by atoms with Crippen molar-refractivity contribution in [2.75, 3.05) is 5.32 Å². The average molecular weight is 323 g/mol. The van der Waals surface area contributed by atoms with E-state index in [1.807, 2.05) is 31.6 Å². The van der Waals surface area contributed by atoms with Gasteiger partial charge < -0.3 is 5.32 Å². The quantitative estimate of drug-likeness (QED) is 0.803. The summed E-state index contributed by atoms with van der Waals surface area (Å²) in [4.78, 5) is 4.54. The number of hydrogen-bond donors (Lipinski definition) is 1. The van der Waals surface area contributed by atoms with E-state index in [0.29, 0.717) is 0 Å². The maximum Gasteiger partial charge on any atom is 0.184 e. The van der Waals surface area contributed by atoms with Gasteiger partial charge in [-0.3, -0.25) is 4.68 Å². The summed E-state index contributed by atoms with van der Waals surface area (Å²) in [6.45, 7) is 0.745. The van der Waals surface area contributed by atoms with Gasteiger partial charge in [0.15, 0.2) is 5.13 Å². The van der Waals surface area contributed by atoms with Gasteiger partial charge in [0.25, 0.3) is 0 Å². The molecule has 2 aromatic heterocycles. The van der Waals surface area contributed by atoms with E-state index in [0.717, 1.165) is 27.2 Å². The maximum atomic E-state index is 4.54. The summed E-state index contributed by atoms with van der Waals surface area (Å²) in [5.41, 5.74) is 2.18. The van der Waals surface area contributed by atoms with Crippen LogP contribution >= 0.6 is 27.3 Å². The number of nitrogens with zero attached hydrogens (tertiary/aromatic N) is 3. The summed E-state index contributed by atoms with van der Waals surface area (Å²) < 4.78 is 4.06. The number of aryl methyl sites for hydroxylation is 1. The van der Waals surface area contributed by atoms with Crippen LogP contribution in [0.25, 0.3) is 10.2 Å². The minimum absolute atomic E-state index is 0.745. The number of anilines is 1. The summed E-state index contributed by atoms with van der Waals surface area (Å²) in [7, 11) is 1.92. The molecule has 4 nitrogen and oxygen atoms in total. The standard InChI is InChI=1S/C12H11BrN4S/c1-17-7-8(6-15-17)5-14-12-16-10-3-2-9(13)4-11(10)18-12/h2-4,6-7H,5H2,1H3,(H,14,16). The van der Waals surface area contributed by atoms with E-state index in [2.05, 4.69) is 37.4 Å². The highest BCUT2D eigenvalue weighted by atomic mass is 79.9. The van der Waals surface area contributed by atoms with Crippen LogP contribution in [0.4, 0.5) is 5.13 Å². The van der Waals surface area contributed by atoms with Crippen LogP contribution in [0, 0.1) is 0 Å². The number of thiazole rings is 1. The van der Waals surface area contributed by atoms with Crippen LogP contribution in [0.5, 0.6) is 0 Å². The predicted octanol–water partition coefficient (Wildman–Crippen LogP) is 3.40. The molecule has 6 heteroatoms. The molecule has 0 fully saturated rings. The third kappa shape index (κ3) is 2.39. The Labute approximate surface area is 117 Å². The lowest BCUT2D eigenvalue weighted by Crippen LogP contribution is -1.97. The normalized spacial score (nSPS) is 11.0. The lowest BCUT2D eigenvalue weighted by atomic mass is 10.3. The molecule has 1 N–H and O–H groups in total. The average Bonchev–Trinajstić information content (AvgIpc) is 2.92. The van der Waals surface area contributed by atoms with Crippen LogP contribution < -0.4 is 5.32 Å². The first-order valence-corrected chi connectivity index (χ1v) is 7.09. The molecule has 1 aromatic carbocycles. The predicted molar refractivity (Wildman–Crippen MR) is 77.9 cm³/mol. The second-order valence-electron chi connectivity index (χ2n) is 4.01. The number of rotatable bonds is 3. The first-order chi connectivity index (χ1) is 8.70. The van der Waals surface area contributed by atoms with E-state index in [4.69, 9.17) is 0 Å². The van der Waals surface area contributed by atoms with Gasteiger partial charge in [0, 0.05) is 29.8 Å². The molecule has 0 saturated heterocycles. The smallest absolute Gasteiger partial charge is 0.184 e. The zero-order valence-corrected chi connectivity index (χ0v) is 12.1. The van der Waals surface area contributed by atoms with Crippen molar-refractivity contribution in [2.45, 2.75) is 6.54 Å². The van der Waals surface area contributed by atoms with Crippen LogP contribution in [0.2, 0.25) is 0 Å². The Bertz CT molecular complexity index is 688. The molecule has 3 aromatic rings. The summed E-state index contributed by atoms with van der Waals surface area (Å²) in [5.74, 6) is 0. The molecular weight excluding hydrogens is 312 g/mol. The van der Waals surface area contributed by atoms with Gasteiger partial charge in [0.05, 0.1) is 16.4 Å². The van der Waals surface area contributed by atoms with Crippen LogP contribution in [-0.4, -0.2) is 14.8 Å². The Morgan fingerprint density at radius 3 is 3.11 bits per heavy atom. The molecule has 0 unspecified atom stereocenters. The number of nitrogens with one attached hydrogen (secondary N) is 1. The van der Waals surface area contributed by atoms with E-state index in [1.54, 1.807) is 16.0 Å². The number of fused-ring (bicyclic) bond motifs is 1. The Kier molecular flexibility index (Phi) is 3.05. The second-order valence-corrected chi connectivity index (χ2v) is 5.95. The molecule has 18 heavy (non-hydrogen) atoms. The van der Waals surface area contributed by atoms with Crippen molar-refractivity contribution in [1.29, 1.82) is 0 Å². The topological polar surface area (TPSA) is 42.7 Å². The van der Waals surface area contributed by atoms with Crippen LogP contribution in [0.1, 0.15) is 5.56 Å². The molecule has 92 valence electrons. The highest BCUT2D eigenvalue weighted by molar-refractivity contribution is 9.10. The Hall–Kier alpha value is -1.40. The van der Waals surface area contributed by atoms with Crippen molar-refractivity contribution in [3.05, 3.63) is 40.6 Å². The fourth-order valence-electron chi connectivity index (χ4n) is 1.71. The van der Waals surface area contributed by atoms with E-state index < -0.39 is 0 Å². The molecule has 3 rings (SSSR count). The van der Waals surface area contributed by atoms with Crippen molar-refractivity contribution in [2.24, 2.45) is 7.05 Å². The zero-order valence-electron chi connectivity index (χ0n) is 9.72. The number of halogens is 1. The summed E-state index contributed by atoms with van der Waals surface area (Å²) >= 11 is 5.13.